The van der Waals surface area contributed by atoms with Gasteiger partial charge in [-0.3, -0.25) is 14.4 Å². The average Bonchev–Trinajstić information content (AvgIpc) is 3.36. The summed E-state index contributed by atoms with van der Waals surface area (Å²) in [5, 5.41) is 2.51. The van der Waals surface area contributed by atoms with Crippen LogP contribution in [0, 0.1) is 17.6 Å². The van der Waals surface area contributed by atoms with Gasteiger partial charge in [-0.05, 0) is 17.5 Å². The highest BCUT2D eigenvalue weighted by Crippen LogP contribution is 2.33. The lowest BCUT2D eigenvalue weighted by molar-refractivity contribution is 0.00374. The van der Waals surface area contributed by atoms with Crippen molar-refractivity contribution in [2.75, 3.05) is 6.61 Å². The van der Waals surface area contributed by atoms with Gasteiger partial charge in [0.05, 0.1) is 19.2 Å². The number of amides is 2. The molecule has 1 saturated heterocycles. The maximum atomic E-state index is 14.1. The summed E-state index contributed by atoms with van der Waals surface area (Å²) in [6.07, 6.45) is 1.62. The number of carbonyl (C=O) groups excluding carboxylic acids is 2. The monoisotopic (exact) mass is 537 g/mol. The van der Waals surface area contributed by atoms with E-state index in [1.165, 1.54) is 16.8 Å². The lowest BCUT2D eigenvalue weighted by atomic mass is 9.98. The van der Waals surface area contributed by atoms with Gasteiger partial charge in [-0.1, -0.05) is 56.7 Å². The van der Waals surface area contributed by atoms with E-state index in [1.54, 1.807) is 4.90 Å². The van der Waals surface area contributed by atoms with Crippen molar-refractivity contribution in [3.63, 3.8) is 0 Å². The Morgan fingerprint density at radius 1 is 1.18 bits per heavy atom. The first-order chi connectivity index (χ1) is 18.8. The first-order valence-electron chi connectivity index (χ1n) is 12.9. The molecule has 204 valence electrons. The van der Waals surface area contributed by atoms with Crippen LogP contribution in [0.2, 0.25) is 0 Å². The third-order valence-corrected chi connectivity index (χ3v) is 7.38. The lowest BCUT2D eigenvalue weighted by Crippen LogP contribution is -2.51. The number of ether oxygens (including phenoxy) is 2. The van der Waals surface area contributed by atoms with E-state index in [2.05, 4.69) is 12.2 Å². The van der Waals surface area contributed by atoms with E-state index >= 15 is 0 Å². The largest absolute Gasteiger partial charge is 0.483 e. The van der Waals surface area contributed by atoms with Crippen LogP contribution in [-0.4, -0.2) is 40.2 Å². The van der Waals surface area contributed by atoms with Gasteiger partial charge in [-0.15, -0.1) is 0 Å². The minimum atomic E-state index is -0.815. The highest BCUT2D eigenvalue weighted by molar-refractivity contribution is 5.99. The number of fused-ring (bicyclic) bond motifs is 2. The molecule has 10 heteroatoms. The zero-order valence-electron chi connectivity index (χ0n) is 21.7. The molecule has 0 radical (unpaired) electrons. The van der Waals surface area contributed by atoms with Crippen LogP contribution in [0.4, 0.5) is 8.78 Å². The lowest BCUT2D eigenvalue weighted by Gasteiger charge is -2.36. The molecule has 5 rings (SSSR count). The number of carbonyl (C=O) groups is 2. The molecule has 0 bridgehead atoms. The van der Waals surface area contributed by atoms with Crippen molar-refractivity contribution < 1.29 is 27.8 Å². The normalized spacial score (nSPS) is 18.9. The van der Waals surface area contributed by atoms with Crippen LogP contribution in [-0.2, 0) is 24.4 Å². The maximum absolute atomic E-state index is 14.1. The van der Waals surface area contributed by atoms with Crippen molar-refractivity contribution in [2.45, 2.75) is 52.2 Å². The summed E-state index contributed by atoms with van der Waals surface area (Å²) >= 11 is 0. The fourth-order valence-electron chi connectivity index (χ4n) is 4.97. The summed E-state index contributed by atoms with van der Waals surface area (Å²) in [5.74, 6) is -2.76. The van der Waals surface area contributed by atoms with Crippen LogP contribution in [0.5, 0.6) is 5.75 Å². The Morgan fingerprint density at radius 2 is 1.95 bits per heavy atom. The number of nitrogens with zero attached hydrogens (tertiary/aromatic N) is 2. The molecule has 2 aromatic carbocycles. The molecule has 0 spiro atoms. The summed E-state index contributed by atoms with van der Waals surface area (Å²) < 4.78 is 40.7. The second-order valence-corrected chi connectivity index (χ2v) is 9.85. The molecule has 1 unspecified atom stereocenters. The van der Waals surface area contributed by atoms with Crippen molar-refractivity contribution >= 4 is 11.8 Å². The number of pyridine rings is 1. The van der Waals surface area contributed by atoms with Crippen LogP contribution >= 0.6 is 0 Å². The molecule has 3 aromatic rings. The summed E-state index contributed by atoms with van der Waals surface area (Å²) in [7, 11) is 0. The van der Waals surface area contributed by atoms with Crippen LogP contribution in [0.25, 0.3) is 0 Å². The Kier molecular flexibility index (Phi) is 7.47. The standard InChI is InChI=1S/C29H29F2N3O5/c1-3-17(2)23-16-38-24-14-33-13-21(28(36)32-12-19-9-10-20(30)11-22(19)31)26(35)27(25(33)29(37)34(23)24)39-15-18-7-5-4-6-8-18/h4-11,13,17,23-24H,3,12,14-16H2,1-2H3,(H,32,36)/t17?,23-,24-/m1/s1. The molecule has 1 aromatic heterocycles. The summed E-state index contributed by atoms with van der Waals surface area (Å²) in [5.41, 5.74) is -0.111. The summed E-state index contributed by atoms with van der Waals surface area (Å²) in [4.78, 5) is 42.2. The molecule has 1 N–H and O–H groups in total. The van der Waals surface area contributed by atoms with E-state index in [-0.39, 0.29) is 54.2 Å². The van der Waals surface area contributed by atoms with Gasteiger partial charge in [0, 0.05) is 24.4 Å². The van der Waals surface area contributed by atoms with E-state index < -0.39 is 35.1 Å². The number of aromatic nitrogens is 1. The molecule has 0 aliphatic carbocycles. The van der Waals surface area contributed by atoms with E-state index in [0.717, 1.165) is 24.1 Å². The fourth-order valence-corrected chi connectivity index (χ4v) is 4.97. The zero-order valence-corrected chi connectivity index (χ0v) is 21.7. The average molecular weight is 538 g/mol. The van der Waals surface area contributed by atoms with Gasteiger partial charge in [0.1, 0.15) is 23.8 Å². The topological polar surface area (TPSA) is 89.9 Å². The Hall–Kier alpha value is -4.05. The quantitative estimate of drug-likeness (QED) is 0.472. The Morgan fingerprint density at radius 3 is 2.67 bits per heavy atom. The number of rotatable bonds is 8. The van der Waals surface area contributed by atoms with Gasteiger partial charge in [-0.2, -0.15) is 0 Å². The smallest absolute Gasteiger partial charge is 0.276 e. The van der Waals surface area contributed by atoms with Gasteiger partial charge < -0.3 is 24.3 Å². The molecule has 2 aliphatic heterocycles. The van der Waals surface area contributed by atoms with Crippen LogP contribution in [0.3, 0.4) is 0 Å². The SMILES string of the molecule is CCC(C)[C@H]1CO[C@@H]2Cn3cc(C(=O)NCc4ccc(F)cc4F)c(=O)c(OCc4ccccc4)c3C(=O)N12. The minimum absolute atomic E-state index is 0.0109. The van der Waals surface area contributed by atoms with Crippen molar-refractivity contribution in [1.29, 1.82) is 0 Å². The molecular formula is C29H29F2N3O5. The molecule has 39 heavy (non-hydrogen) atoms. The molecular weight excluding hydrogens is 508 g/mol. The van der Waals surface area contributed by atoms with E-state index in [0.29, 0.717) is 6.61 Å². The molecule has 2 amide bonds. The highest BCUT2D eigenvalue weighted by atomic mass is 19.1. The van der Waals surface area contributed by atoms with Gasteiger partial charge in [0.15, 0.2) is 17.7 Å². The number of hydrogen-bond donors (Lipinski definition) is 1. The molecule has 3 atom stereocenters. The van der Waals surface area contributed by atoms with Crippen molar-refractivity contribution in [3.05, 3.63) is 99.0 Å². The molecule has 1 fully saturated rings. The number of nitrogens with one attached hydrogen (secondary N) is 1. The molecule has 0 saturated carbocycles. The van der Waals surface area contributed by atoms with Gasteiger partial charge in [0.2, 0.25) is 5.43 Å². The van der Waals surface area contributed by atoms with Crippen molar-refractivity contribution in [1.82, 2.24) is 14.8 Å². The second-order valence-electron chi connectivity index (χ2n) is 9.85. The van der Waals surface area contributed by atoms with E-state index in [4.69, 9.17) is 9.47 Å². The van der Waals surface area contributed by atoms with E-state index in [1.807, 2.05) is 37.3 Å². The predicted octanol–water partition coefficient (Wildman–Crippen LogP) is 3.86. The minimum Gasteiger partial charge on any atom is -0.483 e. The Labute approximate surface area is 224 Å². The van der Waals surface area contributed by atoms with Gasteiger partial charge in [-0.25, -0.2) is 8.78 Å². The van der Waals surface area contributed by atoms with Gasteiger partial charge >= 0.3 is 0 Å². The van der Waals surface area contributed by atoms with Crippen LogP contribution < -0.4 is 15.5 Å². The van der Waals surface area contributed by atoms with Crippen molar-refractivity contribution in [2.24, 2.45) is 5.92 Å². The number of hydrogen-bond acceptors (Lipinski definition) is 5. The summed E-state index contributed by atoms with van der Waals surface area (Å²) in [6, 6.07) is 12.0. The maximum Gasteiger partial charge on any atom is 0.276 e. The highest BCUT2D eigenvalue weighted by Gasteiger charge is 2.46. The summed E-state index contributed by atoms with van der Waals surface area (Å²) in [6.45, 7) is 4.43. The number of halogens is 2. The molecule has 2 aliphatic rings. The Balaban J connectivity index is 1.50. The Bertz CT molecular complexity index is 1460. The van der Waals surface area contributed by atoms with E-state index in [9.17, 15) is 23.2 Å². The number of benzene rings is 2. The first-order valence-corrected chi connectivity index (χ1v) is 12.9. The molecule has 3 heterocycles. The van der Waals surface area contributed by atoms with Gasteiger partial charge in [0.25, 0.3) is 11.8 Å². The first kappa shape index (κ1) is 26.6. The third kappa shape index (κ3) is 5.16. The predicted molar refractivity (Wildman–Crippen MR) is 138 cm³/mol. The second kappa shape index (κ2) is 11.0. The fraction of sp³-hybridized carbons (Fsp3) is 0.345. The van der Waals surface area contributed by atoms with Crippen LogP contribution in [0.15, 0.2) is 59.5 Å². The zero-order chi connectivity index (χ0) is 27.7. The van der Waals surface area contributed by atoms with Crippen LogP contribution in [0.1, 0.15) is 52.2 Å². The third-order valence-electron chi connectivity index (χ3n) is 7.38. The molecule has 8 nitrogen and oxygen atoms in total. The van der Waals surface area contributed by atoms with Crippen molar-refractivity contribution in [3.8, 4) is 5.75 Å².